The van der Waals surface area contributed by atoms with Crippen LogP contribution in [-0.4, -0.2) is 45.9 Å². The van der Waals surface area contributed by atoms with E-state index in [1.54, 1.807) is 6.92 Å². The first-order valence-electron chi connectivity index (χ1n) is 9.81. The SMILES string of the molecule is C[C@@]12OC(c3ccc(OC(F)(F)F)cc3)O[C@@H]1[C@@H](CO)O[C@H]2c1coc2c(=O)[nH]c(N)nc12. The lowest BCUT2D eigenvalue weighted by Crippen LogP contribution is -2.40. The van der Waals surface area contributed by atoms with Crippen molar-refractivity contribution in [3.63, 3.8) is 0 Å². The number of benzene rings is 1. The fourth-order valence-corrected chi connectivity index (χ4v) is 4.29. The number of aromatic amines is 1. The van der Waals surface area contributed by atoms with Crippen LogP contribution in [0, 0.1) is 0 Å². The van der Waals surface area contributed by atoms with E-state index in [1.807, 2.05) is 0 Å². The lowest BCUT2D eigenvalue weighted by atomic mass is 9.89. The lowest BCUT2D eigenvalue weighted by molar-refractivity contribution is -0.274. The first-order chi connectivity index (χ1) is 15.6. The fraction of sp³-hybridized carbons (Fsp3) is 0.400. The van der Waals surface area contributed by atoms with Crippen LogP contribution < -0.4 is 16.0 Å². The number of nitrogen functional groups attached to an aromatic ring is 1. The van der Waals surface area contributed by atoms with Gasteiger partial charge in [-0.3, -0.25) is 9.78 Å². The number of nitrogens with one attached hydrogen (secondary N) is 1. The zero-order valence-corrected chi connectivity index (χ0v) is 17.0. The maximum absolute atomic E-state index is 12.4. The van der Waals surface area contributed by atoms with Gasteiger partial charge in [-0.05, 0) is 19.1 Å². The average Bonchev–Trinajstić information content (AvgIpc) is 3.37. The molecule has 0 radical (unpaired) electrons. The molecular formula is C20H18F3N3O7. The smallest absolute Gasteiger partial charge is 0.456 e. The van der Waals surface area contributed by atoms with Crippen LogP contribution in [0.5, 0.6) is 5.75 Å². The van der Waals surface area contributed by atoms with Crippen LogP contribution in [0.4, 0.5) is 19.1 Å². The third-order valence-corrected chi connectivity index (χ3v) is 5.69. The van der Waals surface area contributed by atoms with Gasteiger partial charge in [-0.25, -0.2) is 4.98 Å². The van der Waals surface area contributed by atoms with Crippen molar-refractivity contribution >= 4 is 17.0 Å². The molecule has 5 atom stereocenters. The van der Waals surface area contributed by atoms with E-state index in [0.717, 1.165) is 12.1 Å². The molecule has 176 valence electrons. The molecule has 0 spiro atoms. The number of rotatable bonds is 4. The maximum Gasteiger partial charge on any atom is 0.573 e. The number of anilines is 1. The van der Waals surface area contributed by atoms with Gasteiger partial charge in [-0.15, -0.1) is 13.2 Å². The predicted molar refractivity (Wildman–Crippen MR) is 104 cm³/mol. The molecule has 2 saturated heterocycles. The number of alkyl halides is 3. The first-order valence-corrected chi connectivity index (χ1v) is 9.81. The van der Waals surface area contributed by atoms with E-state index in [2.05, 4.69) is 14.7 Å². The Labute approximate surface area is 183 Å². The first kappa shape index (κ1) is 21.7. The van der Waals surface area contributed by atoms with E-state index in [4.69, 9.17) is 24.4 Å². The van der Waals surface area contributed by atoms with Gasteiger partial charge in [0.1, 0.15) is 35.2 Å². The molecule has 0 amide bonds. The van der Waals surface area contributed by atoms with E-state index < -0.39 is 48.7 Å². The van der Waals surface area contributed by atoms with Gasteiger partial charge >= 0.3 is 6.36 Å². The van der Waals surface area contributed by atoms with Gasteiger partial charge in [0.25, 0.3) is 5.56 Å². The molecule has 33 heavy (non-hydrogen) atoms. The van der Waals surface area contributed by atoms with E-state index in [-0.39, 0.29) is 22.8 Å². The normalized spacial score (nSPS) is 29.5. The molecule has 13 heteroatoms. The van der Waals surface area contributed by atoms with Crippen LogP contribution in [0.3, 0.4) is 0 Å². The van der Waals surface area contributed by atoms with Crippen molar-refractivity contribution in [1.29, 1.82) is 0 Å². The fourth-order valence-electron chi connectivity index (χ4n) is 4.29. The quantitative estimate of drug-likeness (QED) is 0.525. The number of hydrogen-bond acceptors (Lipinski definition) is 9. The summed E-state index contributed by atoms with van der Waals surface area (Å²) in [7, 11) is 0. The molecule has 1 aromatic carbocycles. The second kappa shape index (κ2) is 7.45. The third-order valence-electron chi connectivity index (χ3n) is 5.69. The molecule has 2 aliphatic rings. The summed E-state index contributed by atoms with van der Waals surface area (Å²) in [6, 6.07) is 5.06. The largest absolute Gasteiger partial charge is 0.573 e. The Bertz CT molecular complexity index is 1240. The second-order valence-electron chi connectivity index (χ2n) is 7.86. The Kier molecular flexibility index (Phi) is 4.90. The van der Waals surface area contributed by atoms with Crippen molar-refractivity contribution in [2.24, 2.45) is 0 Å². The van der Waals surface area contributed by atoms with E-state index >= 15 is 0 Å². The Morgan fingerprint density at radius 1 is 1.27 bits per heavy atom. The highest BCUT2D eigenvalue weighted by atomic mass is 19.4. The number of ether oxygens (including phenoxy) is 4. The van der Waals surface area contributed by atoms with Gasteiger partial charge in [0.2, 0.25) is 11.5 Å². The molecule has 5 rings (SSSR count). The number of halogens is 3. The number of furan rings is 1. The Balaban J connectivity index is 1.47. The van der Waals surface area contributed by atoms with Crippen LogP contribution in [0.2, 0.25) is 0 Å². The van der Waals surface area contributed by atoms with E-state index in [9.17, 15) is 23.1 Å². The highest BCUT2D eigenvalue weighted by molar-refractivity contribution is 5.77. The molecule has 0 aliphatic carbocycles. The minimum atomic E-state index is -4.81. The van der Waals surface area contributed by atoms with Gasteiger partial charge in [-0.1, -0.05) is 12.1 Å². The minimum absolute atomic E-state index is 0.0499. The molecule has 2 fully saturated rings. The molecule has 10 nitrogen and oxygen atoms in total. The van der Waals surface area contributed by atoms with Gasteiger partial charge < -0.3 is 34.2 Å². The molecule has 2 aliphatic heterocycles. The molecule has 0 saturated carbocycles. The van der Waals surface area contributed by atoms with Crippen molar-refractivity contribution in [3.8, 4) is 5.75 Å². The van der Waals surface area contributed by atoms with E-state index in [1.165, 1.54) is 18.4 Å². The van der Waals surface area contributed by atoms with Crippen molar-refractivity contribution < 1.29 is 41.6 Å². The molecule has 1 unspecified atom stereocenters. The second-order valence-corrected chi connectivity index (χ2v) is 7.86. The highest BCUT2D eigenvalue weighted by Crippen LogP contribution is 2.54. The third kappa shape index (κ3) is 3.62. The summed E-state index contributed by atoms with van der Waals surface area (Å²) in [5.41, 5.74) is 4.89. The van der Waals surface area contributed by atoms with E-state index in [0.29, 0.717) is 11.1 Å². The topological polar surface area (TPSA) is 142 Å². The molecule has 3 aromatic rings. The predicted octanol–water partition coefficient (Wildman–Crippen LogP) is 2.30. The minimum Gasteiger partial charge on any atom is -0.456 e. The highest BCUT2D eigenvalue weighted by Gasteiger charge is 2.62. The van der Waals surface area contributed by atoms with Crippen LogP contribution in [0.15, 0.2) is 39.7 Å². The van der Waals surface area contributed by atoms with Gasteiger partial charge in [0.05, 0.1) is 12.9 Å². The molecule has 2 aromatic heterocycles. The van der Waals surface area contributed by atoms with Crippen LogP contribution >= 0.6 is 0 Å². The number of nitrogens with two attached hydrogens (primary N) is 1. The summed E-state index contributed by atoms with van der Waals surface area (Å²) < 4.78 is 64.6. The van der Waals surface area contributed by atoms with Crippen molar-refractivity contribution in [2.75, 3.05) is 12.3 Å². The Morgan fingerprint density at radius 2 is 2.00 bits per heavy atom. The summed E-state index contributed by atoms with van der Waals surface area (Å²) in [6.07, 6.45) is -6.85. The zero-order chi connectivity index (χ0) is 23.5. The number of hydrogen-bond donors (Lipinski definition) is 3. The average molecular weight is 469 g/mol. The molecule has 4 N–H and O–H groups in total. The number of H-pyrrole nitrogens is 1. The molecule has 4 heterocycles. The summed E-state index contributed by atoms with van der Waals surface area (Å²) in [6.45, 7) is 1.31. The molecular weight excluding hydrogens is 451 g/mol. The zero-order valence-electron chi connectivity index (χ0n) is 17.0. The number of nitrogens with zero attached hydrogens (tertiary/aromatic N) is 1. The van der Waals surface area contributed by atoms with Crippen molar-refractivity contribution in [2.45, 2.75) is 43.5 Å². The monoisotopic (exact) mass is 469 g/mol. The summed E-state index contributed by atoms with van der Waals surface area (Å²) >= 11 is 0. The summed E-state index contributed by atoms with van der Waals surface area (Å²) in [4.78, 5) is 18.6. The standard InChI is InChI=1S/C20H18F3N3O7/c1-19-14(10-7-29-13-12(10)25-18(24)26-16(13)28)30-11(6-27)15(19)31-17(33-19)8-2-4-9(5-3-8)32-20(21,22)23/h2-5,7,11,14-15,17,27H,6H2,1H3,(H3,24,25,26,28)/t11-,14+,15-,17?,19+/m1/s1. The van der Waals surface area contributed by atoms with Crippen molar-refractivity contribution in [3.05, 3.63) is 52.0 Å². The summed E-state index contributed by atoms with van der Waals surface area (Å²) in [5.74, 6) is -0.500. The lowest BCUT2D eigenvalue weighted by Gasteiger charge is -2.27. The number of aliphatic hydroxyl groups is 1. The number of aromatic nitrogens is 2. The Hall–Kier alpha value is -3.13. The number of aliphatic hydroxyl groups excluding tert-OH is 1. The Morgan fingerprint density at radius 3 is 2.67 bits per heavy atom. The molecule has 0 bridgehead atoms. The van der Waals surface area contributed by atoms with Gasteiger partial charge in [0.15, 0.2) is 6.29 Å². The summed E-state index contributed by atoms with van der Waals surface area (Å²) in [5, 5.41) is 9.85. The maximum atomic E-state index is 12.4. The van der Waals surface area contributed by atoms with Crippen LogP contribution in [0.25, 0.3) is 11.1 Å². The van der Waals surface area contributed by atoms with Gasteiger partial charge in [0, 0.05) is 11.1 Å². The van der Waals surface area contributed by atoms with Crippen LogP contribution in [0.1, 0.15) is 30.4 Å². The van der Waals surface area contributed by atoms with Crippen molar-refractivity contribution in [1.82, 2.24) is 9.97 Å². The number of fused-ring (bicyclic) bond motifs is 2. The van der Waals surface area contributed by atoms with Crippen LogP contribution in [-0.2, 0) is 14.2 Å². The van der Waals surface area contributed by atoms with Gasteiger partial charge in [-0.2, -0.15) is 0 Å².